The van der Waals surface area contributed by atoms with Crippen molar-refractivity contribution < 1.29 is 51.8 Å². The van der Waals surface area contributed by atoms with Crippen molar-refractivity contribution >= 4 is 58.8 Å². The van der Waals surface area contributed by atoms with Gasteiger partial charge in [0.1, 0.15) is 35.3 Å². The van der Waals surface area contributed by atoms with Crippen molar-refractivity contribution in [3.63, 3.8) is 0 Å². The number of carbonyl (C=O) groups is 2. The number of hydrogen-bond donors (Lipinski definition) is 3. The largest absolute Gasteiger partial charge is 0.438 e. The second-order valence-corrected chi connectivity index (χ2v) is 18.0. The summed E-state index contributed by atoms with van der Waals surface area (Å²) in [5.74, 6) is -1.11. The Morgan fingerprint density at radius 2 is 1.62 bits per heavy atom. The number of hydrogen-bond acceptors (Lipinski definition) is 14. The molecular weight excluding hydrogens is 679 g/mol. The molecule has 4 rings (SSSR count). The molecule has 1 unspecified atom stereocenters. The highest BCUT2D eigenvalue weighted by Gasteiger charge is 2.45. The number of aliphatic hydroxyl groups excluding tert-OH is 2. The highest BCUT2D eigenvalue weighted by molar-refractivity contribution is 7.92. The lowest BCUT2D eigenvalue weighted by Gasteiger charge is -2.22. The Hall–Kier alpha value is -2.17. The average Bonchev–Trinajstić information content (AvgIpc) is 3.68. The van der Waals surface area contributed by atoms with E-state index in [-0.39, 0.29) is 17.1 Å². The molecule has 1 aliphatic carbocycles. The Morgan fingerprint density at radius 1 is 1.04 bits per heavy atom. The number of aliphatic hydroxyl groups is 2. The number of nitrogens with zero attached hydrogens (tertiary/aromatic N) is 3. The van der Waals surface area contributed by atoms with Gasteiger partial charge in [0, 0.05) is 23.0 Å². The second kappa shape index (κ2) is 15.2. The van der Waals surface area contributed by atoms with Crippen molar-refractivity contribution in [2.45, 2.75) is 97.8 Å². The molecule has 1 saturated heterocycles. The lowest BCUT2D eigenvalue weighted by atomic mass is 9.98. The summed E-state index contributed by atoms with van der Waals surface area (Å²) in [6.07, 6.45) is 0.674. The smallest absolute Gasteiger partial charge is 0.348 e. The van der Waals surface area contributed by atoms with Gasteiger partial charge in [-0.2, -0.15) is 4.98 Å². The van der Waals surface area contributed by atoms with E-state index in [1.54, 1.807) is 53.8 Å². The number of carbonyl (C=O) groups excluding carboxylic acids is 2. The van der Waals surface area contributed by atoms with Crippen LogP contribution in [0.1, 0.15) is 73.5 Å². The van der Waals surface area contributed by atoms with Crippen LogP contribution in [0.4, 0.5) is 5.82 Å². The summed E-state index contributed by atoms with van der Waals surface area (Å²) in [6, 6.07) is 2.00. The first kappa shape index (κ1) is 37.6. The van der Waals surface area contributed by atoms with Crippen LogP contribution in [0.2, 0.25) is 5.28 Å². The van der Waals surface area contributed by atoms with E-state index >= 15 is 0 Å². The van der Waals surface area contributed by atoms with Gasteiger partial charge < -0.3 is 34.3 Å². The summed E-state index contributed by atoms with van der Waals surface area (Å²) >= 11 is 6.25. The summed E-state index contributed by atoms with van der Waals surface area (Å²) < 4.78 is 54.9. The molecule has 47 heavy (non-hydrogen) atoms. The lowest BCUT2D eigenvalue weighted by Crippen LogP contribution is -2.34. The van der Waals surface area contributed by atoms with Crippen molar-refractivity contribution in [2.24, 2.45) is 10.8 Å². The van der Waals surface area contributed by atoms with E-state index in [0.29, 0.717) is 16.9 Å². The topological polar surface area (TPSA) is 198 Å². The van der Waals surface area contributed by atoms with Gasteiger partial charge >= 0.3 is 19.5 Å². The number of anilines is 1. The average molecular weight is 723 g/mol. The van der Waals surface area contributed by atoms with Crippen molar-refractivity contribution in [3.8, 4) is 0 Å². The van der Waals surface area contributed by atoms with E-state index in [9.17, 15) is 28.6 Å². The van der Waals surface area contributed by atoms with Gasteiger partial charge in [0.2, 0.25) is 18.9 Å². The molecule has 1 aliphatic heterocycles. The maximum absolute atomic E-state index is 13.6. The number of rotatable bonds is 13. The summed E-state index contributed by atoms with van der Waals surface area (Å²) in [7, 11) is -6.34. The van der Waals surface area contributed by atoms with Crippen LogP contribution >= 0.6 is 19.2 Å². The monoisotopic (exact) mass is 722 g/mol. The molecule has 3 N–H and O–H groups in total. The predicted molar refractivity (Wildman–Crippen MR) is 173 cm³/mol. The Morgan fingerprint density at radius 3 is 2.17 bits per heavy atom. The molecule has 0 aromatic carbocycles. The van der Waals surface area contributed by atoms with Gasteiger partial charge in [-0.05, 0) is 72.1 Å². The Bertz CT molecular complexity index is 1470. The van der Waals surface area contributed by atoms with E-state index in [1.807, 2.05) is 0 Å². The molecule has 3 heterocycles. The third kappa shape index (κ3) is 9.72. The molecule has 0 radical (unpaired) electrons. The van der Waals surface area contributed by atoms with Crippen molar-refractivity contribution in [2.75, 3.05) is 30.1 Å². The number of halogens is 1. The number of esters is 2. The van der Waals surface area contributed by atoms with Gasteiger partial charge in [-0.15, -0.1) is 0 Å². The summed E-state index contributed by atoms with van der Waals surface area (Å²) in [4.78, 5) is 33.0. The van der Waals surface area contributed by atoms with Crippen LogP contribution in [0.3, 0.4) is 0 Å². The predicted octanol–water partition coefficient (Wildman–Crippen LogP) is 4.08. The van der Waals surface area contributed by atoms with Crippen molar-refractivity contribution in [1.82, 2.24) is 14.5 Å². The van der Waals surface area contributed by atoms with Crippen LogP contribution in [0.5, 0.6) is 0 Å². The molecule has 0 bridgehead atoms. The minimum atomic E-state index is -4.30. The molecule has 264 valence electrons. The maximum Gasteiger partial charge on any atom is 0.348 e. The van der Waals surface area contributed by atoms with Crippen LogP contribution in [0.25, 0.3) is 11.0 Å². The van der Waals surface area contributed by atoms with Crippen LogP contribution in [0.15, 0.2) is 12.3 Å². The van der Waals surface area contributed by atoms with Gasteiger partial charge in [-0.3, -0.25) is 27.4 Å². The fourth-order valence-corrected chi connectivity index (χ4v) is 8.70. The first-order valence-corrected chi connectivity index (χ1v) is 18.9. The van der Waals surface area contributed by atoms with Crippen LogP contribution in [-0.4, -0.2) is 90.1 Å². The quantitative estimate of drug-likeness (QED) is 0.116. The molecular formula is C29H44ClN4O11PS. The van der Waals surface area contributed by atoms with E-state index in [1.165, 1.54) is 4.57 Å². The Kier molecular flexibility index (Phi) is 12.1. The van der Waals surface area contributed by atoms with E-state index in [4.69, 9.17) is 34.9 Å². The molecule has 2 aliphatic rings. The molecule has 15 nitrogen and oxygen atoms in total. The lowest BCUT2D eigenvalue weighted by molar-refractivity contribution is -0.161. The van der Waals surface area contributed by atoms with Gasteiger partial charge in [0.15, 0.2) is 6.23 Å². The molecule has 1 saturated carbocycles. The summed E-state index contributed by atoms with van der Waals surface area (Å²) in [5, 5.41) is 25.9. The SMILES string of the molecule is CC(C)(C)C(=O)OCOP(=O)(CS(=O)C[C@H]1O[C@@H](n2ccc3c(NC4CCCC4)nc(Cl)nc32)[C@H](O)[C@@H]1O)OCOC(=O)C(C)(C)C. The molecule has 2 aromatic heterocycles. The van der Waals surface area contributed by atoms with E-state index in [0.717, 1.165) is 25.7 Å². The second-order valence-electron chi connectivity index (χ2n) is 13.7. The zero-order chi connectivity index (χ0) is 34.7. The number of aromatic nitrogens is 3. The van der Waals surface area contributed by atoms with Crippen molar-refractivity contribution in [3.05, 3.63) is 17.5 Å². The number of fused-ring (bicyclic) bond motifs is 1. The highest BCUT2D eigenvalue weighted by atomic mass is 35.5. The fourth-order valence-electron chi connectivity index (χ4n) is 4.96. The molecule has 2 aromatic rings. The number of ether oxygens (including phenoxy) is 3. The summed E-state index contributed by atoms with van der Waals surface area (Å²) in [5.41, 5.74) is -2.10. The van der Waals surface area contributed by atoms with Gasteiger partial charge in [0.25, 0.3) is 0 Å². The van der Waals surface area contributed by atoms with Gasteiger partial charge in [0.05, 0.1) is 22.0 Å². The maximum atomic E-state index is 13.6. The van der Waals surface area contributed by atoms with E-state index in [2.05, 4.69) is 15.3 Å². The number of nitrogens with one attached hydrogen (secondary N) is 1. The van der Waals surface area contributed by atoms with Crippen LogP contribution in [0, 0.1) is 10.8 Å². The summed E-state index contributed by atoms with van der Waals surface area (Å²) in [6.45, 7) is 8.15. The minimum Gasteiger partial charge on any atom is -0.438 e. The minimum absolute atomic E-state index is 0.0132. The van der Waals surface area contributed by atoms with Crippen LogP contribution < -0.4 is 5.32 Å². The normalized spacial score (nSPS) is 23.3. The third-order valence-electron chi connectivity index (χ3n) is 7.61. The third-order valence-corrected chi connectivity index (χ3v) is 11.9. The molecule has 2 fully saturated rings. The van der Waals surface area contributed by atoms with Crippen LogP contribution in [-0.2, 0) is 48.2 Å². The van der Waals surface area contributed by atoms with Gasteiger partial charge in [-0.25, -0.2) is 4.98 Å². The Labute approximate surface area is 281 Å². The fraction of sp³-hybridized carbons (Fsp3) is 0.724. The molecule has 5 atom stereocenters. The zero-order valence-electron chi connectivity index (χ0n) is 27.3. The molecule has 0 spiro atoms. The molecule has 0 amide bonds. The first-order chi connectivity index (χ1) is 21.9. The first-order valence-electron chi connectivity index (χ1n) is 15.3. The Balaban J connectivity index is 1.44. The van der Waals surface area contributed by atoms with Gasteiger partial charge in [-0.1, -0.05) is 12.8 Å². The van der Waals surface area contributed by atoms with Crippen molar-refractivity contribution in [1.29, 1.82) is 0 Å². The highest BCUT2D eigenvalue weighted by Crippen LogP contribution is 2.49. The molecule has 18 heteroatoms. The van der Waals surface area contributed by atoms with E-state index < -0.39 is 84.8 Å². The standard InChI is InChI=1S/C29H44ClN4O11PS/c1-28(2,3)25(37)41-14-43-46(39,44-15-42-26(38)29(4,5)6)16-47(40)13-19-20(35)21(36)24(45-19)34-12-11-18-22(31-17-9-7-8-10-17)32-27(30)33-23(18)34/h11-12,17,19-21,24,35-36H,7-10,13-16H2,1-6H3,(H,31,32,33)/t19-,20-,21-,24-,47?/m1/s1. The zero-order valence-corrected chi connectivity index (χ0v) is 29.8.